The van der Waals surface area contributed by atoms with Crippen molar-refractivity contribution in [3.63, 3.8) is 0 Å². The molecule has 2 saturated heterocycles. The van der Waals surface area contributed by atoms with Crippen molar-refractivity contribution in [3.8, 4) is 0 Å². The van der Waals surface area contributed by atoms with Gasteiger partial charge in [-0.1, -0.05) is 70.9 Å². The van der Waals surface area contributed by atoms with Crippen LogP contribution < -0.4 is 0 Å². The van der Waals surface area contributed by atoms with Crippen molar-refractivity contribution >= 4 is 57.1 Å². The average molecular weight is 765 g/mol. The number of hydroxylamine groups is 4. The van der Waals surface area contributed by atoms with Crippen LogP contribution in [0.25, 0.3) is 0 Å². The first kappa shape index (κ1) is 34.4. The lowest BCUT2D eigenvalue weighted by Gasteiger charge is -2.53. The highest BCUT2D eigenvalue weighted by atomic mass is 127. The Bertz CT molecular complexity index is 753. The summed E-state index contributed by atoms with van der Waals surface area (Å²) in [4.78, 5) is 25.0. The molecule has 2 fully saturated rings. The molecule has 38 heavy (non-hydrogen) atoms. The summed E-state index contributed by atoms with van der Waals surface area (Å²) in [5.74, 6) is -0.325. The molecule has 2 N–H and O–H groups in total. The Kier molecular flexibility index (Phi) is 12.2. The topological polar surface area (TPSA) is 99.5 Å². The lowest BCUT2D eigenvalue weighted by atomic mass is 9.80. The van der Waals surface area contributed by atoms with Crippen LogP contribution in [0.3, 0.4) is 0 Å². The molecule has 0 bridgehead atoms. The van der Waals surface area contributed by atoms with Gasteiger partial charge in [0.1, 0.15) is 12.2 Å². The van der Waals surface area contributed by atoms with Crippen molar-refractivity contribution in [2.45, 2.75) is 162 Å². The molecular formula is C28H50I2N2O6. The Morgan fingerprint density at radius 1 is 0.658 bits per heavy atom. The molecule has 2 heterocycles. The molecule has 8 nitrogen and oxygen atoms in total. The van der Waals surface area contributed by atoms with Gasteiger partial charge >= 0.3 is 11.9 Å². The lowest BCUT2D eigenvalue weighted by Crippen LogP contribution is -2.66. The van der Waals surface area contributed by atoms with Gasteiger partial charge in [-0.15, -0.1) is 0 Å². The number of esters is 2. The molecule has 0 aromatic rings. The summed E-state index contributed by atoms with van der Waals surface area (Å²) in [5.41, 5.74) is -1.88. The van der Waals surface area contributed by atoms with Crippen LogP contribution in [-0.2, 0) is 19.1 Å². The van der Waals surface area contributed by atoms with E-state index >= 15 is 0 Å². The molecule has 0 spiro atoms. The van der Waals surface area contributed by atoms with Crippen molar-refractivity contribution in [1.82, 2.24) is 10.1 Å². The minimum atomic E-state index is -0.484. The highest BCUT2D eigenvalue weighted by Crippen LogP contribution is 2.43. The van der Waals surface area contributed by atoms with Gasteiger partial charge in [-0.3, -0.25) is 9.59 Å². The minimum Gasteiger partial charge on any atom is -0.461 e. The Labute approximate surface area is 257 Å². The number of unbranched alkanes of at least 4 members (excludes halogenated alkanes) is 5. The van der Waals surface area contributed by atoms with Crippen molar-refractivity contribution < 1.29 is 29.5 Å². The second-order valence-corrected chi connectivity index (χ2v) is 16.1. The zero-order valence-electron chi connectivity index (χ0n) is 24.6. The first-order valence-electron chi connectivity index (χ1n) is 14.0. The number of hydrogen-bond donors (Lipinski definition) is 2. The lowest BCUT2D eigenvalue weighted by molar-refractivity contribution is -0.254. The van der Waals surface area contributed by atoms with Crippen LogP contribution in [0.5, 0.6) is 0 Å². The van der Waals surface area contributed by atoms with Crippen molar-refractivity contribution in [1.29, 1.82) is 0 Å². The maximum Gasteiger partial charge on any atom is 0.306 e. The highest BCUT2D eigenvalue weighted by Gasteiger charge is 2.53. The Hall–Kier alpha value is 0.240. The maximum absolute atomic E-state index is 12.5. The fourth-order valence-corrected chi connectivity index (χ4v) is 7.30. The molecule has 2 rings (SSSR count). The number of alkyl halides is 2. The molecule has 4 unspecified atom stereocenters. The van der Waals surface area contributed by atoms with E-state index in [1.807, 2.05) is 55.4 Å². The van der Waals surface area contributed by atoms with E-state index in [4.69, 9.17) is 9.47 Å². The zero-order chi connectivity index (χ0) is 29.1. The molecule has 0 radical (unpaired) electrons. The van der Waals surface area contributed by atoms with Gasteiger partial charge in [-0.25, -0.2) is 0 Å². The number of rotatable bonds is 11. The van der Waals surface area contributed by atoms with E-state index in [1.165, 1.54) is 10.1 Å². The van der Waals surface area contributed by atoms with Crippen LogP contribution in [0.4, 0.5) is 0 Å². The number of ether oxygens (including phenoxy) is 2. The standard InChI is InChI=1S/C28H50I2N2O6/c1-25(2)17-19(23(29)27(5,6)31(25)35)37-21(33)15-13-11-9-10-12-14-16-22(34)38-20-18-26(3,4)32(36)28(7,8)24(20)30/h19-20,23-24,35-36H,9-18H2,1-8H3. The van der Waals surface area contributed by atoms with Gasteiger partial charge in [0.2, 0.25) is 0 Å². The summed E-state index contributed by atoms with van der Waals surface area (Å²) in [7, 11) is 0. The number of nitrogens with zero attached hydrogens (tertiary/aromatic N) is 2. The quantitative estimate of drug-likeness (QED) is 0.102. The number of carbonyl (C=O) groups is 2. The zero-order valence-corrected chi connectivity index (χ0v) is 28.9. The Balaban J connectivity index is 1.61. The van der Waals surface area contributed by atoms with Crippen molar-refractivity contribution in [3.05, 3.63) is 0 Å². The monoisotopic (exact) mass is 764 g/mol. The third-order valence-electron chi connectivity index (χ3n) is 8.22. The van der Waals surface area contributed by atoms with Crippen LogP contribution in [-0.4, -0.2) is 74.7 Å². The Morgan fingerprint density at radius 3 is 1.26 bits per heavy atom. The molecule has 10 heteroatoms. The molecular weight excluding hydrogens is 714 g/mol. The van der Waals surface area contributed by atoms with Crippen LogP contribution in [0.2, 0.25) is 0 Å². The van der Waals surface area contributed by atoms with Crippen LogP contribution in [0, 0.1) is 0 Å². The number of carbonyl (C=O) groups excluding carboxylic acids is 2. The number of halogens is 2. The summed E-state index contributed by atoms with van der Waals surface area (Å²) < 4.78 is 11.7. The summed E-state index contributed by atoms with van der Waals surface area (Å²) in [6, 6.07) is 0. The molecule has 2 aliphatic rings. The fourth-order valence-electron chi connectivity index (χ4n) is 5.97. The van der Waals surface area contributed by atoms with Gasteiger partial charge in [-0.05, 0) is 68.2 Å². The van der Waals surface area contributed by atoms with E-state index in [-0.39, 0.29) is 32.0 Å². The van der Waals surface area contributed by atoms with E-state index in [0.29, 0.717) is 25.7 Å². The number of hydrogen-bond acceptors (Lipinski definition) is 8. The average Bonchev–Trinajstić information content (AvgIpc) is 2.80. The Morgan fingerprint density at radius 2 is 0.947 bits per heavy atom. The summed E-state index contributed by atoms with van der Waals surface area (Å²) in [6.45, 7) is 15.8. The van der Waals surface area contributed by atoms with E-state index in [9.17, 15) is 20.0 Å². The molecule has 0 aliphatic carbocycles. The molecule has 4 atom stereocenters. The van der Waals surface area contributed by atoms with Crippen LogP contribution >= 0.6 is 45.2 Å². The molecule has 2 aliphatic heterocycles. The van der Waals surface area contributed by atoms with E-state index in [2.05, 4.69) is 45.2 Å². The third-order valence-corrected chi connectivity index (χ3v) is 12.9. The second kappa shape index (κ2) is 13.5. The maximum atomic E-state index is 12.5. The highest BCUT2D eigenvalue weighted by molar-refractivity contribution is 14.1. The van der Waals surface area contributed by atoms with Gasteiger partial charge in [0.25, 0.3) is 0 Å². The first-order valence-corrected chi connectivity index (χ1v) is 16.5. The molecule has 0 saturated carbocycles. The van der Waals surface area contributed by atoms with Gasteiger partial charge in [-0.2, -0.15) is 10.1 Å². The fraction of sp³-hybridized carbons (Fsp3) is 0.929. The predicted octanol–water partition coefficient (Wildman–Crippen LogP) is 6.84. The normalized spacial score (nSPS) is 30.5. The number of piperidine rings is 2. The molecule has 0 amide bonds. The van der Waals surface area contributed by atoms with E-state index < -0.39 is 22.2 Å². The summed E-state index contributed by atoms with van der Waals surface area (Å²) in [6.07, 6.45) is 7.14. The predicted molar refractivity (Wildman–Crippen MR) is 165 cm³/mol. The SMILES string of the molecule is CC1(C)CC(OC(=O)CCCCCCCCC(=O)OC2CC(C)(C)N(O)C(C)(C)C2I)C(I)C(C)(C)N1O. The largest absolute Gasteiger partial charge is 0.461 e. The van der Waals surface area contributed by atoms with Gasteiger partial charge in [0.05, 0.1) is 18.9 Å². The van der Waals surface area contributed by atoms with Crippen LogP contribution in [0.15, 0.2) is 0 Å². The summed E-state index contributed by atoms with van der Waals surface area (Å²) in [5, 5.41) is 23.9. The molecule has 0 aromatic heterocycles. The molecule has 0 aromatic carbocycles. The van der Waals surface area contributed by atoms with Crippen LogP contribution in [0.1, 0.15) is 120 Å². The van der Waals surface area contributed by atoms with Gasteiger partial charge < -0.3 is 19.9 Å². The summed E-state index contributed by atoms with van der Waals surface area (Å²) >= 11 is 4.58. The first-order chi connectivity index (χ1) is 17.3. The molecule has 222 valence electrons. The second-order valence-electron chi connectivity index (χ2n) is 13.4. The van der Waals surface area contributed by atoms with E-state index in [1.54, 1.807) is 0 Å². The van der Waals surface area contributed by atoms with Gasteiger partial charge in [0, 0.05) is 36.8 Å². The van der Waals surface area contributed by atoms with Crippen molar-refractivity contribution in [2.24, 2.45) is 0 Å². The van der Waals surface area contributed by atoms with Crippen molar-refractivity contribution in [2.75, 3.05) is 0 Å². The third kappa shape index (κ3) is 8.39. The van der Waals surface area contributed by atoms with E-state index in [0.717, 1.165) is 38.5 Å². The smallest absolute Gasteiger partial charge is 0.306 e. The minimum absolute atomic E-state index is 0.00278. The van der Waals surface area contributed by atoms with Gasteiger partial charge in [0.15, 0.2) is 0 Å².